The quantitative estimate of drug-likeness (QED) is 0.645. The van der Waals surface area contributed by atoms with E-state index in [1.807, 2.05) is 18.2 Å². The van der Waals surface area contributed by atoms with Crippen LogP contribution in [-0.2, 0) is 17.8 Å². The van der Waals surface area contributed by atoms with E-state index in [0.29, 0.717) is 19.5 Å². The van der Waals surface area contributed by atoms with Gasteiger partial charge in [0.1, 0.15) is 0 Å². The lowest BCUT2D eigenvalue weighted by molar-refractivity contribution is -0.306. The maximum atomic E-state index is 12.9. The highest BCUT2D eigenvalue weighted by Crippen LogP contribution is 2.31. The highest BCUT2D eigenvalue weighted by molar-refractivity contribution is 5.90. The average Bonchev–Trinajstić information content (AvgIpc) is 3.28. The van der Waals surface area contributed by atoms with E-state index in [9.17, 15) is 14.7 Å². The first-order chi connectivity index (χ1) is 15.1. The first-order valence-electron chi connectivity index (χ1n) is 11.5. The fourth-order valence-electron chi connectivity index (χ4n) is 4.94. The Hall–Kier alpha value is -2.70. The van der Waals surface area contributed by atoms with E-state index < -0.39 is 11.9 Å². The van der Waals surface area contributed by atoms with Gasteiger partial charge in [0, 0.05) is 25.0 Å². The van der Waals surface area contributed by atoms with Gasteiger partial charge < -0.3 is 19.3 Å². The van der Waals surface area contributed by atoms with Crippen LogP contribution >= 0.6 is 0 Å². The molecular weight excluding hydrogens is 394 g/mol. The van der Waals surface area contributed by atoms with Crippen molar-refractivity contribution in [3.05, 3.63) is 47.1 Å². The SMILES string of the molecule is O=C([O-])CC(CCCC1CCCCC1)c1nc(C(=O)N2CCc3ccccc3C2)no1. The summed E-state index contributed by atoms with van der Waals surface area (Å²) in [6.07, 6.45) is 9.73. The molecule has 1 aromatic carbocycles. The minimum Gasteiger partial charge on any atom is -0.550 e. The Balaban J connectivity index is 1.38. The molecule has 2 aliphatic rings. The molecule has 31 heavy (non-hydrogen) atoms. The standard InChI is InChI=1S/C24H31N3O4/c28-21(29)15-19(12-6-9-17-7-2-1-3-8-17)23-25-22(26-31-23)24(30)27-14-13-18-10-4-5-11-20(18)16-27/h4-5,10-11,17,19H,1-3,6-9,12-16H2,(H,28,29)/p-1. The molecule has 4 rings (SSSR count). The van der Waals surface area contributed by atoms with Gasteiger partial charge in [-0.3, -0.25) is 4.79 Å². The fraction of sp³-hybridized carbons (Fsp3) is 0.583. The Kier molecular flexibility index (Phi) is 6.99. The number of rotatable bonds is 8. The number of amides is 1. The molecule has 1 aliphatic carbocycles. The van der Waals surface area contributed by atoms with Gasteiger partial charge in [0.25, 0.3) is 11.7 Å². The summed E-state index contributed by atoms with van der Waals surface area (Å²) in [5.74, 6) is -0.859. The number of hydrogen-bond donors (Lipinski definition) is 0. The number of carbonyl (C=O) groups excluding carboxylic acids is 2. The Morgan fingerprint density at radius 1 is 1.16 bits per heavy atom. The van der Waals surface area contributed by atoms with Crippen molar-refractivity contribution in [1.29, 1.82) is 0 Å². The fourth-order valence-corrected chi connectivity index (χ4v) is 4.94. The second-order valence-electron chi connectivity index (χ2n) is 8.91. The zero-order valence-corrected chi connectivity index (χ0v) is 17.9. The van der Waals surface area contributed by atoms with Crippen LogP contribution in [0, 0.1) is 5.92 Å². The molecule has 2 aromatic rings. The van der Waals surface area contributed by atoms with Gasteiger partial charge in [-0.05, 0) is 36.3 Å². The Morgan fingerprint density at radius 3 is 2.71 bits per heavy atom. The zero-order valence-electron chi connectivity index (χ0n) is 17.9. The van der Waals surface area contributed by atoms with Gasteiger partial charge in [0.05, 0.1) is 0 Å². The summed E-state index contributed by atoms with van der Waals surface area (Å²) in [5, 5.41) is 15.2. The van der Waals surface area contributed by atoms with Crippen molar-refractivity contribution in [3.8, 4) is 0 Å². The summed E-state index contributed by atoms with van der Waals surface area (Å²) in [5.41, 5.74) is 2.38. The van der Waals surface area contributed by atoms with Crippen molar-refractivity contribution in [2.45, 2.75) is 76.7 Å². The van der Waals surface area contributed by atoms with Crippen LogP contribution in [0.25, 0.3) is 0 Å². The van der Waals surface area contributed by atoms with Crippen molar-refractivity contribution in [2.24, 2.45) is 5.92 Å². The number of aromatic nitrogens is 2. The Bertz CT molecular complexity index is 904. The minimum atomic E-state index is -1.14. The maximum absolute atomic E-state index is 12.9. The molecular formula is C24H30N3O4-. The molecule has 0 saturated heterocycles. The van der Waals surface area contributed by atoms with Gasteiger partial charge in [-0.15, -0.1) is 0 Å². The molecule has 1 fully saturated rings. The summed E-state index contributed by atoms with van der Waals surface area (Å²) in [4.78, 5) is 30.2. The van der Waals surface area contributed by atoms with Crippen molar-refractivity contribution in [2.75, 3.05) is 6.54 Å². The summed E-state index contributed by atoms with van der Waals surface area (Å²) in [6.45, 7) is 1.12. The van der Waals surface area contributed by atoms with Crippen LogP contribution < -0.4 is 5.11 Å². The first-order valence-corrected chi connectivity index (χ1v) is 11.5. The van der Waals surface area contributed by atoms with E-state index in [2.05, 4.69) is 16.2 Å². The highest BCUT2D eigenvalue weighted by Gasteiger charge is 2.27. The topological polar surface area (TPSA) is 99.4 Å². The molecule has 1 aromatic heterocycles. The summed E-state index contributed by atoms with van der Waals surface area (Å²) in [7, 11) is 0. The van der Waals surface area contributed by atoms with Gasteiger partial charge in [-0.25, -0.2) is 0 Å². The molecule has 0 spiro atoms. The second kappa shape index (κ2) is 10.1. The predicted molar refractivity (Wildman–Crippen MR) is 112 cm³/mol. The lowest BCUT2D eigenvalue weighted by Gasteiger charge is -2.27. The molecule has 1 saturated carbocycles. The normalized spacial score (nSPS) is 17.9. The molecule has 7 heteroatoms. The van der Waals surface area contributed by atoms with Crippen molar-refractivity contribution in [1.82, 2.24) is 15.0 Å². The van der Waals surface area contributed by atoms with Crippen LogP contribution in [0.15, 0.2) is 28.8 Å². The highest BCUT2D eigenvalue weighted by atomic mass is 16.5. The first kappa shape index (κ1) is 21.5. The van der Waals surface area contributed by atoms with Crippen LogP contribution in [0.4, 0.5) is 0 Å². The van der Waals surface area contributed by atoms with Gasteiger partial charge >= 0.3 is 0 Å². The molecule has 7 nitrogen and oxygen atoms in total. The molecule has 1 unspecified atom stereocenters. The summed E-state index contributed by atoms with van der Waals surface area (Å²) in [6, 6.07) is 8.09. The summed E-state index contributed by atoms with van der Waals surface area (Å²) >= 11 is 0. The van der Waals surface area contributed by atoms with Gasteiger partial charge in [-0.2, -0.15) is 4.98 Å². The lowest BCUT2D eigenvalue weighted by atomic mass is 9.84. The van der Waals surface area contributed by atoms with E-state index in [4.69, 9.17) is 4.52 Å². The van der Waals surface area contributed by atoms with Crippen LogP contribution in [0.1, 0.15) is 91.3 Å². The van der Waals surface area contributed by atoms with Crippen LogP contribution in [0.5, 0.6) is 0 Å². The van der Waals surface area contributed by atoms with Gasteiger partial charge in [-0.1, -0.05) is 74.4 Å². The number of carbonyl (C=O) groups is 2. The monoisotopic (exact) mass is 424 g/mol. The zero-order chi connectivity index (χ0) is 21.6. The molecule has 0 N–H and O–H groups in total. The van der Waals surface area contributed by atoms with Crippen LogP contribution in [0.3, 0.4) is 0 Å². The number of benzene rings is 1. The molecule has 2 heterocycles. The third kappa shape index (κ3) is 5.51. The van der Waals surface area contributed by atoms with Crippen molar-refractivity contribution < 1.29 is 19.2 Å². The lowest BCUT2D eigenvalue weighted by Crippen LogP contribution is -2.36. The average molecular weight is 425 g/mol. The van der Waals surface area contributed by atoms with Crippen molar-refractivity contribution >= 4 is 11.9 Å². The largest absolute Gasteiger partial charge is 0.550 e. The molecule has 0 radical (unpaired) electrons. The van der Waals surface area contributed by atoms with E-state index >= 15 is 0 Å². The third-order valence-electron chi connectivity index (χ3n) is 6.70. The molecule has 1 atom stereocenters. The third-order valence-corrected chi connectivity index (χ3v) is 6.70. The number of hydrogen-bond acceptors (Lipinski definition) is 6. The molecule has 1 aliphatic heterocycles. The van der Waals surface area contributed by atoms with Crippen LogP contribution in [-0.4, -0.2) is 33.5 Å². The van der Waals surface area contributed by atoms with Crippen molar-refractivity contribution in [3.63, 3.8) is 0 Å². The Morgan fingerprint density at radius 2 is 1.94 bits per heavy atom. The number of fused-ring (bicyclic) bond motifs is 1. The number of aliphatic carboxylic acids is 1. The second-order valence-corrected chi connectivity index (χ2v) is 8.91. The van der Waals surface area contributed by atoms with Gasteiger partial charge in [0.15, 0.2) is 0 Å². The number of carboxylic acids is 1. The van der Waals surface area contributed by atoms with Gasteiger partial charge in [0.2, 0.25) is 5.89 Å². The Labute approximate surface area is 182 Å². The summed E-state index contributed by atoms with van der Waals surface area (Å²) < 4.78 is 5.35. The molecule has 166 valence electrons. The van der Waals surface area contributed by atoms with Crippen LogP contribution in [0.2, 0.25) is 0 Å². The van der Waals surface area contributed by atoms with E-state index in [0.717, 1.165) is 30.7 Å². The maximum Gasteiger partial charge on any atom is 0.295 e. The number of nitrogens with zero attached hydrogens (tertiary/aromatic N) is 3. The molecule has 0 bridgehead atoms. The predicted octanol–water partition coefficient (Wildman–Crippen LogP) is 3.24. The molecule has 1 amide bonds. The number of carboxylic acid groups (broad SMARTS) is 1. The minimum absolute atomic E-state index is 0.00464. The smallest absolute Gasteiger partial charge is 0.295 e. The van der Waals surface area contributed by atoms with E-state index in [-0.39, 0.29) is 24.0 Å². The van der Waals surface area contributed by atoms with E-state index in [1.54, 1.807) is 4.90 Å². The van der Waals surface area contributed by atoms with E-state index in [1.165, 1.54) is 37.7 Å².